The summed E-state index contributed by atoms with van der Waals surface area (Å²) in [5.74, 6) is 0. The zero-order chi connectivity index (χ0) is 21.8. The SMILES string of the molecule is CC1=Cc2c(CCc3cc(C(C)(C)C)cc4c3C=C(C)C4)cc(C(C)(C)C)cc2C1. The zero-order valence-corrected chi connectivity index (χ0v) is 20.3. The van der Waals surface area contributed by atoms with Gasteiger partial charge in [-0.3, -0.25) is 0 Å². The zero-order valence-electron chi connectivity index (χ0n) is 20.3. The van der Waals surface area contributed by atoms with Gasteiger partial charge < -0.3 is 0 Å². The first kappa shape index (κ1) is 21.2. The van der Waals surface area contributed by atoms with Crippen molar-refractivity contribution in [1.82, 2.24) is 0 Å². The fourth-order valence-electron chi connectivity index (χ4n) is 4.97. The van der Waals surface area contributed by atoms with Gasteiger partial charge in [0.15, 0.2) is 0 Å². The molecular weight excluding hydrogens is 360 g/mol. The van der Waals surface area contributed by atoms with Crippen molar-refractivity contribution in [2.24, 2.45) is 0 Å². The summed E-state index contributed by atoms with van der Waals surface area (Å²) in [4.78, 5) is 0. The molecule has 2 aromatic rings. The molecule has 0 aliphatic heterocycles. The third-order valence-corrected chi connectivity index (χ3v) is 6.82. The Balaban J connectivity index is 1.73. The monoisotopic (exact) mass is 398 g/mol. The van der Waals surface area contributed by atoms with Gasteiger partial charge in [-0.1, -0.05) is 89.1 Å². The lowest BCUT2D eigenvalue weighted by Gasteiger charge is -2.23. The molecule has 0 aromatic heterocycles. The second-order valence-electron chi connectivity index (χ2n) is 11.8. The fraction of sp³-hybridized carbons (Fsp3) is 0.467. The van der Waals surface area contributed by atoms with Gasteiger partial charge in [0, 0.05) is 0 Å². The number of hydrogen-bond acceptors (Lipinski definition) is 0. The Labute approximate surface area is 184 Å². The molecular formula is C30H38. The second kappa shape index (κ2) is 7.26. The van der Waals surface area contributed by atoms with Crippen LogP contribution in [0.1, 0.15) is 99.9 Å². The van der Waals surface area contributed by atoms with Crippen LogP contribution in [-0.2, 0) is 36.5 Å². The predicted octanol–water partition coefficient (Wildman–Crippen LogP) is 7.99. The maximum Gasteiger partial charge on any atom is -0.00604 e. The highest BCUT2D eigenvalue weighted by Crippen LogP contribution is 2.36. The molecule has 0 fully saturated rings. The molecule has 0 N–H and O–H groups in total. The minimum atomic E-state index is 0.188. The summed E-state index contributed by atoms with van der Waals surface area (Å²) < 4.78 is 0. The maximum atomic E-state index is 2.49. The van der Waals surface area contributed by atoms with E-state index in [9.17, 15) is 0 Å². The lowest BCUT2D eigenvalue weighted by Crippen LogP contribution is -2.14. The van der Waals surface area contributed by atoms with Crippen LogP contribution in [0.25, 0.3) is 12.2 Å². The fourth-order valence-corrected chi connectivity index (χ4v) is 4.97. The summed E-state index contributed by atoms with van der Waals surface area (Å²) in [7, 11) is 0. The molecule has 0 bridgehead atoms. The minimum Gasteiger partial charge on any atom is -0.0683 e. The smallest absolute Gasteiger partial charge is 0.00604 e. The molecule has 2 aliphatic carbocycles. The van der Waals surface area contributed by atoms with Gasteiger partial charge in [0.25, 0.3) is 0 Å². The average Bonchev–Trinajstić information content (AvgIpc) is 3.18. The molecule has 2 aromatic carbocycles. The van der Waals surface area contributed by atoms with Crippen molar-refractivity contribution in [2.75, 3.05) is 0 Å². The van der Waals surface area contributed by atoms with Gasteiger partial charge in [0.1, 0.15) is 0 Å². The number of fused-ring (bicyclic) bond motifs is 2. The van der Waals surface area contributed by atoms with Gasteiger partial charge in [0.05, 0.1) is 0 Å². The van der Waals surface area contributed by atoms with Crippen LogP contribution >= 0.6 is 0 Å². The highest BCUT2D eigenvalue weighted by Gasteiger charge is 2.23. The van der Waals surface area contributed by atoms with E-state index in [1.165, 1.54) is 55.7 Å². The lowest BCUT2D eigenvalue weighted by molar-refractivity contribution is 0.587. The van der Waals surface area contributed by atoms with E-state index in [1.54, 1.807) is 0 Å². The summed E-state index contributed by atoms with van der Waals surface area (Å²) in [5.41, 5.74) is 15.4. The number of benzene rings is 2. The van der Waals surface area contributed by atoms with Crippen molar-refractivity contribution in [2.45, 2.75) is 91.9 Å². The van der Waals surface area contributed by atoms with Gasteiger partial charge in [-0.05, 0) is 94.9 Å². The highest BCUT2D eigenvalue weighted by atomic mass is 14.3. The standard InChI is InChI=1S/C30H38/c1-19-11-23-17-25(29(3,4)5)15-21(27(23)13-19)9-10-22-16-26(30(6,7)8)18-24-12-20(2)14-28(22)24/h13-18H,9-12H2,1-8H3. The van der Waals surface area contributed by atoms with Crippen molar-refractivity contribution >= 4 is 12.2 Å². The minimum absolute atomic E-state index is 0.188. The van der Waals surface area contributed by atoms with Crippen LogP contribution < -0.4 is 0 Å². The molecule has 0 amide bonds. The number of aryl methyl sites for hydroxylation is 2. The van der Waals surface area contributed by atoms with Crippen LogP contribution in [0.2, 0.25) is 0 Å². The third kappa shape index (κ3) is 4.07. The van der Waals surface area contributed by atoms with E-state index in [-0.39, 0.29) is 10.8 Å². The predicted molar refractivity (Wildman–Crippen MR) is 132 cm³/mol. The molecule has 0 heteroatoms. The van der Waals surface area contributed by atoms with E-state index in [0.29, 0.717) is 0 Å². The first-order chi connectivity index (χ1) is 13.9. The summed E-state index contributed by atoms with van der Waals surface area (Å²) >= 11 is 0. The molecule has 0 atom stereocenters. The molecule has 0 radical (unpaired) electrons. The average molecular weight is 399 g/mol. The largest absolute Gasteiger partial charge is 0.0683 e. The molecule has 2 aliphatic rings. The molecule has 0 nitrogen and oxygen atoms in total. The van der Waals surface area contributed by atoms with Crippen molar-refractivity contribution in [1.29, 1.82) is 0 Å². The quantitative estimate of drug-likeness (QED) is 0.491. The van der Waals surface area contributed by atoms with E-state index in [2.05, 4.69) is 91.8 Å². The van der Waals surface area contributed by atoms with Crippen LogP contribution in [-0.4, -0.2) is 0 Å². The summed E-state index contributed by atoms with van der Waals surface area (Å²) in [6, 6.07) is 9.89. The van der Waals surface area contributed by atoms with Crippen molar-refractivity contribution in [3.05, 3.63) is 79.9 Å². The maximum absolute atomic E-state index is 2.49. The van der Waals surface area contributed by atoms with Crippen LogP contribution in [0.3, 0.4) is 0 Å². The lowest BCUT2D eigenvalue weighted by atomic mass is 9.81. The summed E-state index contributed by atoms with van der Waals surface area (Å²) in [6.45, 7) is 18.5. The molecule has 0 saturated carbocycles. The van der Waals surface area contributed by atoms with E-state index in [4.69, 9.17) is 0 Å². The van der Waals surface area contributed by atoms with Crippen molar-refractivity contribution < 1.29 is 0 Å². The van der Waals surface area contributed by atoms with Gasteiger partial charge in [-0.2, -0.15) is 0 Å². The number of rotatable bonds is 3. The Morgan fingerprint density at radius 2 is 0.967 bits per heavy atom. The van der Waals surface area contributed by atoms with Crippen LogP contribution in [0.4, 0.5) is 0 Å². The van der Waals surface area contributed by atoms with Crippen LogP contribution in [0.5, 0.6) is 0 Å². The van der Waals surface area contributed by atoms with Crippen LogP contribution in [0.15, 0.2) is 35.4 Å². The Morgan fingerprint density at radius 1 is 0.600 bits per heavy atom. The molecule has 30 heavy (non-hydrogen) atoms. The molecule has 4 rings (SSSR count). The van der Waals surface area contributed by atoms with Crippen LogP contribution in [0, 0.1) is 0 Å². The number of allylic oxidation sites excluding steroid dienone is 2. The van der Waals surface area contributed by atoms with E-state index in [0.717, 1.165) is 25.7 Å². The number of hydrogen-bond donors (Lipinski definition) is 0. The Morgan fingerprint density at radius 3 is 1.30 bits per heavy atom. The Hall–Kier alpha value is -2.08. The highest BCUT2D eigenvalue weighted by molar-refractivity contribution is 5.69. The van der Waals surface area contributed by atoms with Crippen molar-refractivity contribution in [3.8, 4) is 0 Å². The topological polar surface area (TPSA) is 0 Å². The molecule has 158 valence electrons. The second-order valence-corrected chi connectivity index (χ2v) is 11.8. The van der Waals surface area contributed by atoms with E-state index >= 15 is 0 Å². The van der Waals surface area contributed by atoms with E-state index in [1.807, 2.05) is 0 Å². The van der Waals surface area contributed by atoms with E-state index < -0.39 is 0 Å². The Bertz CT molecular complexity index is 971. The molecule has 0 saturated heterocycles. The van der Waals surface area contributed by atoms with Crippen molar-refractivity contribution in [3.63, 3.8) is 0 Å². The Kier molecular flexibility index (Phi) is 5.12. The van der Waals surface area contributed by atoms with Gasteiger partial charge in [0.2, 0.25) is 0 Å². The third-order valence-electron chi connectivity index (χ3n) is 6.82. The van der Waals surface area contributed by atoms with Gasteiger partial charge in [-0.15, -0.1) is 0 Å². The first-order valence-corrected chi connectivity index (χ1v) is 11.6. The molecule has 0 unspecified atom stereocenters. The summed E-state index contributed by atoms with van der Waals surface area (Å²) in [6.07, 6.45) is 9.31. The first-order valence-electron chi connectivity index (χ1n) is 11.6. The normalized spacial score (nSPS) is 15.7. The van der Waals surface area contributed by atoms with Gasteiger partial charge >= 0.3 is 0 Å². The molecule has 0 spiro atoms. The molecule has 0 heterocycles. The summed E-state index contributed by atoms with van der Waals surface area (Å²) in [5, 5.41) is 0. The van der Waals surface area contributed by atoms with Gasteiger partial charge in [-0.25, -0.2) is 0 Å².